The van der Waals surface area contributed by atoms with Gasteiger partial charge in [0.05, 0.1) is 17.7 Å². The number of nitrogens with zero attached hydrogens (tertiary/aromatic N) is 2. The van der Waals surface area contributed by atoms with Crippen LogP contribution in [0.2, 0.25) is 0 Å². The molecule has 2 aromatic carbocycles. The van der Waals surface area contributed by atoms with Crippen molar-refractivity contribution in [1.82, 2.24) is 0 Å². The van der Waals surface area contributed by atoms with Crippen LogP contribution in [0.5, 0.6) is 0 Å². The first-order valence-corrected chi connectivity index (χ1v) is 8.61. The number of hydrogen-bond acceptors (Lipinski definition) is 6. The molecule has 0 unspecified atom stereocenters. The molecule has 0 aliphatic heterocycles. The fraction of sp³-hybridized carbons (Fsp3) is 0.188. The van der Waals surface area contributed by atoms with Crippen molar-refractivity contribution >= 4 is 27.4 Å². The van der Waals surface area contributed by atoms with Gasteiger partial charge in [-0.15, -0.1) is 0 Å². The van der Waals surface area contributed by atoms with E-state index in [0.29, 0.717) is 0 Å². The zero-order valence-electron chi connectivity index (χ0n) is 13.6. The molecule has 0 spiro atoms. The summed E-state index contributed by atoms with van der Waals surface area (Å²) >= 11 is 0. The molecule has 132 valence electrons. The average Bonchev–Trinajstić information content (AvgIpc) is 2.60. The van der Waals surface area contributed by atoms with Gasteiger partial charge in [-0.1, -0.05) is 29.8 Å². The minimum absolute atomic E-state index is 0.203. The minimum atomic E-state index is -4.36. The van der Waals surface area contributed by atoms with Gasteiger partial charge in [-0.3, -0.25) is 19.2 Å². The van der Waals surface area contributed by atoms with E-state index in [1.165, 1.54) is 24.3 Å². The van der Waals surface area contributed by atoms with E-state index >= 15 is 0 Å². The lowest BCUT2D eigenvalue weighted by Gasteiger charge is -2.23. The van der Waals surface area contributed by atoms with Crippen LogP contribution in [0.1, 0.15) is 5.56 Å². The molecular weight excluding hydrogens is 348 g/mol. The molecule has 0 fully saturated rings. The first kappa shape index (κ1) is 18.4. The largest absolute Gasteiger partial charge is 0.468 e. The van der Waals surface area contributed by atoms with Gasteiger partial charge in [0.15, 0.2) is 4.90 Å². The van der Waals surface area contributed by atoms with Gasteiger partial charge in [0.1, 0.15) is 6.54 Å². The summed E-state index contributed by atoms with van der Waals surface area (Å²) in [7, 11) is -3.22. The number of nitro groups is 1. The van der Waals surface area contributed by atoms with Crippen LogP contribution in [0.3, 0.4) is 0 Å². The zero-order chi connectivity index (χ0) is 18.6. The number of para-hydroxylation sites is 1. The number of carbonyl (C=O) groups is 1. The lowest BCUT2D eigenvalue weighted by molar-refractivity contribution is -0.387. The number of benzene rings is 2. The fourth-order valence-corrected chi connectivity index (χ4v) is 3.72. The summed E-state index contributed by atoms with van der Waals surface area (Å²) in [5.74, 6) is -0.789. The molecule has 0 saturated carbocycles. The summed E-state index contributed by atoms with van der Waals surface area (Å²) in [6, 6.07) is 11.4. The second kappa shape index (κ2) is 7.31. The van der Waals surface area contributed by atoms with Crippen molar-refractivity contribution in [2.75, 3.05) is 18.0 Å². The molecule has 0 amide bonds. The highest BCUT2D eigenvalue weighted by Crippen LogP contribution is 2.29. The molecule has 0 bridgehead atoms. The summed E-state index contributed by atoms with van der Waals surface area (Å²) in [6.45, 7) is 1.22. The van der Waals surface area contributed by atoms with Crippen LogP contribution < -0.4 is 4.31 Å². The predicted molar refractivity (Wildman–Crippen MR) is 90.8 cm³/mol. The highest BCUT2D eigenvalue weighted by Gasteiger charge is 2.33. The Labute approximate surface area is 144 Å². The molecule has 0 aliphatic carbocycles. The van der Waals surface area contributed by atoms with E-state index in [0.717, 1.165) is 29.1 Å². The number of esters is 1. The van der Waals surface area contributed by atoms with E-state index in [4.69, 9.17) is 0 Å². The number of nitro benzene ring substituents is 1. The van der Waals surface area contributed by atoms with Crippen molar-refractivity contribution in [2.24, 2.45) is 0 Å². The third-order valence-corrected chi connectivity index (χ3v) is 5.27. The Morgan fingerprint density at radius 2 is 1.76 bits per heavy atom. The quantitative estimate of drug-likeness (QED) is 0.442. The van der Waals surface area contributed by atoms with Gasteiger partial charge in [-0.25, -0.2) is 8.42 Å². The number of rotatable bonds is 6. The number of ether oxygens (including phenoxy) is 1. The van der Waals surface area contributed by atoms with E-state index < -0.39 is 38.0 Å². The normalized spacial score (nSPS) is 11.0. The molecule has 0 heterocycles. The first-order valence-electron chi connectivity index (χ1n) is 7.17. The Morgan fingerprint density at radius 1 is 1.16 bits per heavy atom. The molecule has 2 rings (SSSR count). The van der Waals surface area contributed by atoms with Crippen LogP contribution in [0.4, 0.5) is 11.4 Å². The van der Waals surface area contributed by atoms with Crippen molar-refractivity contribution < 1.29 is 22.9 Å². The molecule has 0 N–H and O–H groups in total. The number of sulfonamides is 1. The van der Waals surface area contributed by atoms with Crippen LogP contribution in [0, 0.1) is 17.0 Å². The summed E-state index contributed by atoms with van der Waals surface area (Å²) in [5.41, 5.74) is 0.531. The van der Waals surface area contributed by atoms with E-state index in [9.17, 15) is 23.3 Å². The van der Waals surface area contributed by atoms with Crippen molar-refractivity contribution in [3.63, 3.8) is 0 Å². The molecule has 2 aromatic rings. The van der Waals surface area contributed by atoms with Crippen LogP contribution in [0.15, 0.2) is 53.4 Å². The SMILES string of the molecule is COC(=O)CN(c1ccc(C)cc1)S(=O)(=O)c1ccccc1[N+](=O)[O-]. The summed E-state index contributed by atoms with van der Waals surface area (Å²) in [6.07, 6.45) is 0. The van der Waals surface area contributed by atoms with E-state index in [2.05, 4.69) is 4.74 Å². The summed E-state index contributed by atoms with van der Waals surface area (Å²) < 4.78 is 31.4. The molecule has 25 heavy (non-hydrogen) atoms. The zero-order valence-corrected chi connectivity index (χ0v) is 14.4. The number of anilines is 1. The minimum Gasteiger partial charge on any atom is -0.468 e. The molecule has 0 radical (unpaired) electrons. The summed E-state index contributed by atoms with van der Waals surface area (Å²) in [4.78, 5) is 21.6. The highest BCUT2D eigenvalue weighted by molar-refractivity contribution is 7.93. The molecule has 8 nitrogen and oxygen atoms in total. The number of carbonyl (C=O) groups excluding carboxylic acids is 1. The van der Waals surface area contributed by atoms with Crippen LogP contribution >= 0.6 is 0 Å². The van der Waals surface area contributed by atoms with Crippen LogP contribution in [0.25, 0.3) is 0 Å². The third kappa shape index (κ3) is 3.94. The van der Waals surface area contributed by atoms with Gasteiger partial charge >= 0.3 is 5.97 Å². The predicted octanol–water partition coefficient (Wildman–Crippen LogP) is 2.27. The Bertz CT molecular complexity index is 893. The van der Waals surface area contributed by atoms with Crippen LogP contribution in [-0.4, -0.2) is 33.0 Å². The maximum Gasteiger partial charge on any atom is 0.326 e. The molecule has 0 aromatic heterocycles. The lowest BCUT2D eigenvalue weighted by Crippen LogP contribution is -2.36. The maximum atomic E-state index is 13.0. The van der Waals surface area contributed by atoms with Crippen molar-refractivity contribution in [3.05, 3.63) is 64.2 Å². The highest BCUT2D eigenvalue weighted by atomic mass is 32.2. The van der Waals surface area contributed by atoms with Gasteiger partial charge < -0.3 is 4.74 Å². The fourth-order valence-electron chi connectivity index (χ4n) is 2.15. The van der Waals surface area contributed by atoms with Gasteiger partial charge in [-0.05, 0) is 25.1 Å². The van der Waals surface area contributed by atoms with E-state index in [1.54, 1.807) is 12.1 Å². The van der Waals surface area contributed by atoms with Gasteiger partial charge in [0.2, 0.25) is 0 Å². The Morgan fingerprint density at radius 3 is 2.32 bits per heavy atom. The van der Waals surface area contributed by atoms with Gasteiger partial charge in [-0.2, -0.15) is 0 Å². The van der Waals surface area contributed by atoms with Gasteiger partial charge in [0, 0.05) is 6.07 Å². The molecule has 0 saturated heterocycles. The second-order valence-corrected chi connectivity index (χ2v) is 6.98. The van der Waals surface area contributed by atoms with Crippen molar-refractivity contribution in [1.29, 1.82) is 0 Å². The van der Waals surface area contributed by atoms with E-state index in [1.807, 2.05) is 6.92 Å². The topological polar surface area (TPSA) is 107 Å². The Balaban J connectivity index is 2.61. The Kier molecular flexibility index (Phi) is 5.38. The number of hydrogen-bond donors (Lipinski definition) is 0. The first-order chi connectivity index (χ1) is 11.8. The lowest BCUT2D eigenvalue weighted by atomic mass is 10.2. The maximum absolute atomic E-state index is 13.0. The number of methoxy groups -OCH3 is 1. The Hall–Kier alpha value is -2.94. The van der Waals surface area contributed by atoms with Crippen molar-refractivity contribution in [3.8, 4) is 0 Å². The van der Waals surface area contributed by atoms with Gasteiger partial charge in [0.25, 0.3) is 15.7 Å². The van der Waals surface area contributed by atoms with E-state index in [-0.39, 0.29) is 5.69 Å². The second-order valence-electron chi connectivity index (χ2n) is 5.15. The molecule has 0 atom stereocenters. The standard InChI is InChI=1S/C16H16N2O6S/c1-12-7-9-13(10-8-12)17(11-16(19)24-2)25(22,23)15-6-4-3-5-14(15)18(20)21/h3-10H,11H2,1-2H3. The van der Waals surface area contributed by atoms with Crippen molar-refractivity contribution in [2.45, 2.75) is 11.8 Å². The van der Waals surface area contributed by atoms with Crippen LogP contribution in [-0.2, 0) is 19.6 Å². The smallest absolute Gasteiger partial charge is 0.326 e. The third-order valence-electron chi connectivity index (χ3n) is 3.45. The monoisotopic (exact) mass is 364 g/mol. The molecular formula is C16H16N2O6S. The summed E-state index contributed by atoms with van der Waals surface area (Å²) in [5, 5.41) is 11.2. The molecule has 0 aliphatic rings. The average molecular weight is 364 g/mol. The molecule has 9 heteroatoms. The number of aryl methyl sites for hydroxylation is 1.